The van der Waals surface area contributed by atoms with Crippen LogP contribution >= 0.6 is 0 Å². The summed E-state index contributed by atoms with van der Waals surface area (Å²) < 4.78 is 0. The minimum atomic E-state index is -0.876. The zero-order valence-corrected chi connectivity index (χ0v) is 5.58. The third-order valence-corrected chi connectivity index (χ3v) is 1.66. The Balaban J connectivity index is 2.39. The van der Waals surface area contributed by atoms with E-state index in [1.54, 1.807) is 0 Å². The van der Waals surface area contributed by atoms with Crippen molar-refractivity contribution in [3.8, 4) is 0 Å². The van der Waals surface area contributed by atoms with Gasteiger partial charge >= 0.3 is 5.97 Å². The number of hydrogen-bond acceptors (Lipinski definition) is 3. The average molecular weight is 145 g/mol. The molecule has 10 heavy (non-hydrogen) atoms. The first kappa shape index (κ1) is 7.50. The molecule has 1 rings (SSSR count). The van der Waals surface area contributed by atoms with Gasteiger partial charge in [-0.15, -0.1) is 0 Å². The largest absolute Gasteiger partial charge is 0.480 e. The molecule has 1 aliphatic rings. The molecule has 1 unspecified atom stereocenters. The topological polar surface area (TPSA) is 69.6 Å². The summed E-state index contributed by atoms with van der Waals surface area (Å²) >= 11 is 0. The van der Waals surface area contributed by atoms with Crippen molar-refractivity contribution in [2.24, 2.45) is 0 Å². The van der Waals surface area contributed by atoms with Crippen LogP contribution in [0.5, 0.6) is 0 Å². The van der Waals surface area contributed by atoms with Crippen molar-refractivity contribution in [1.29, 1.82) is 0 Å². The fourth-order valence-electron chi connectivity index (χ4n) is 1.11. The molecular formula is C6H11NO3. The number of aliphatic carboxylic acids is 1. The van der Waals surface area contributed by atoms with Gasteiger partial charge in [0.15, 0.2) is 0 Å². The number of aliphatic hydroxyl groups is 1. The van der Waals surface area contributed by atoms with Crippen LogP contribution in [0.4, 0.5) is 0 Å². The van der Waals surface area contributed by atoms with E-state index in [-0.39, 0.29) is 0 Å². The Morgan fingerprint density at radius 1 is 1.50 bits per heavy atom. The Kier molecular flexibility index (Phi) is 2.24. The molecule has 1 saturated heterocycles. The normalized spacial score (nSPS) is 33.7. The zero-order valence-electron chi connectivity index (χ0n) is 5.58. The SMILES string of the molecule is O=C(O)C1CCC[C@H](O)N1. The predicted octanol–water partition coefficient (Wildman–Crippen LogP) is -0.469. The monoisotopic (exact) mass is 145 g/mol. The van der Waals surface area contributed by atoms with E-state index in [0.29, 0.717) is 12.8 Å². The second kappa shape index (κ2) is 2.98. The highest BCUT2D eigenvalue weighted by molar-refractivity contribution is 5.73. The Bertz CT molecular complexity index is 137. The molecule has 0 aromatic carbocycles. The molecule has 3 N–H and O–H groups in total. The molecular weight excluding hydrogens is 134 g/mol. The Morgan fingerprint density at radius 2 is 2.20 bits per heavy atom. The van der Waals surface area contributed by atoms with Crippen LogP contribution in [-0.4, -0.2) is 28.5 Å². The van der Waals surface area contributed by atoms with Crippen LogP contribution in [0.2, 0.25) is 0 Å². The van der Waals surface area contributed by atoms with Crippen LogP contribution in [0.3, 0.4) is 0 Å². The number of hydrogen-bond donors (Lipinski definition) is 3. The maximum atomic E-state index is 10.3. The lowest BCUT2D eigenvalue weighted by atomic mass is 10.0. The first-order valence-corrected chi connectivity index (χ1v) is 3.37. The molecule has 0 aromatic heterocycles. The Hall–Kier alpha value is -0.610. The van der Waals surface area contributed by atoms with E-state index in [1.807, 2.05) is 0 Å². The van der Waals surface area contributed by atoms with Gasteiger partial charge in [0.1, 0.15) is 12.3 Å². The maximum Gasteiger partial charge on any atom is 0.320 e. The number of nitrogens with one attached hydrogen (secondary N) is 1. The van der Waals surface area contributed by atoms with E-state index >= 15 is 0 Å². The molecule has 0 spiro atoms. The van der Waals surface area contributed by atoms with Gasteiger partial charge in [-0.1, -0.05) is 0 Å². The van der Waals surface area contributed by atoms with Gasteiger partial charge in [0, 0.05) is 0 Å². The lowest BCUT2D eigenvalue weighted by Crippen LogP contribution is -2.46. The number of carbonyl (C=O) groups is 1. The molecule has 0 aromatic rings. The molecule has 1 aliphatic heterocycles. The second-order valence-electron chi connectivity index (χ2n) is 2.50. The molecule has 1 fully saturated rings. The molecule has 0 aliphatic carbocycles. The summed E-state index contributed by atoms with van der Waals surface area (Å²) in [5, 5.41) is 20.0. The average Bonchev–Trinajstić information content (AvgIpc) is 1.88. The lowest BCUT2D eigenvalue weighted by molar-refractivity contribution is -0.141. The zero-order chi connectivity index (χ0) is 7.56. The van der Waals surface area contributed by atoms with Gasteiger partial charge in [0.2, 0.25) is 0 Å². The fraction of sp³-hybridized carbons (Fsp3) is 0.833. The quantitative estimate of drug-likeness (QED) is 0.466. The van der Waals surface area contributed by atoms with Crippen molar-refractivity contribution in [2.75, 3.05) is 0 Å². The van der Waals surface area contributed by atoms with Crippen molar-refractivity contribution in [1.82, 2.24) is 5.32 Å². The van der Waals surface area contributed by atoms with Crippen LogP contribution in [0.15, 0.2) is 0 Å². The molecule has 2 atom stereocenters. The van der Waals surface area contributed by atoms with Crippen LogP contribution < -0.4 is 5.32 Å². The summed E-state index contributed by atoms with van der Waals surface area (Å²) in [5.74, 6) is -0.876. The second-order valence-corrected chi connectivity index (χ2v) is 2.50. The smallest absolute Gasteiger partial charge is 0.320 e. The summed E-state index contributed by atoms with van der Waals surface area (Å²) in [5.41, 5.74) is 0. The number of aliphatic hydroxyl groups excluding tert-OH is 1. The van der Waals surface area contributed by atoms with Gasteiger partial charge < -0.3 is 10.2 Å². The molecule has 58 valence electrons. The minimum Gasteiger partial charge on any atom is -0.480 e. The van der Waals surface area contributed by atoms with Crippen LogP contribution in [0.1, 0.15) is 19.3 Å². The molecule has 1 heterocycles. The maximum absolute atomic E-state index is 10.3. The van der Waals surface area contributed by atoms with Crippen molar-refractivity contribution < 1.29 is 15.0 Å². The molecule has 0 radical (unpaired) electrons. The number of carboxylic acids is 1. The molecule has 0 bridgehead atoms. The first-order valence-electron chi connectivity index (χ1n) is 3.37. The standard InChI is InChI=1S/C6H11NO3/c8-5-3-1-2-4(7-5)6(9)10/h4-5,7-8H,1-3H2,(H,9,10)/t4?,5-/m0/s1. The molecule has 4 nitrogen and oxygen atoms in total. The van der Waals surface area contributed by atoms with Crippen molar-refractivity contribution in [3.05, 3.63) is 0 Å². The van der Waals surface area contributed by atoms with E-state index in [9.17, 15) is 4.79 Å². The summed E-state index contributed by atoms with van der Waals surface area (Å²) in [7, 11) is 0. The number of rotatable bonds is 1. The summed E-state index contributed by atoms with van der Waals surface area (Å²) in [6.45, 7) is 0. The highest BCUT2D eigenvalue weighted by atomic mass is 16.4. The van der Waals surface area contributed by atoms with Crippen molar-refractivity contribution >= 4 is 5.97 Å². The van der Waals surface area contributed by atoms with Gasteiger partial charge in [-0.25, -0.2) is 0 Å². The highest BCUT2D eigenvalue weighted by Crippen LogP contribution is 2.10. The van der Waals surface area contributed by atoms with E-state index in [4.69, 9.17) is 10.2 Å². The minimum absolute atomic E-state index is 0.552. The molecule has 0 amide bonds. The number of piperidine rings is 1. The van der Waals surface area contributed by atoms with Crippen LogP contribution in [0.25, 0.3) is 0 Å². The Labute approximate surface area is 58.9 Å². The van der Waals surface area contributed by atoms with Gasteiger partial charge in [-0.3, -0.25) is 10.1 Å². The number of carboxylic acid groups (broad SMARTS) is 1. The van der Waals surface area contributed by atoms with E-state index in [2.05, 4.69) is 5.32 Å². The highest BCUT2D eigenvalue weighted by Gasteiger charge is 2.23. The van der Waals surface area contributed by atoms with Gasteiger partial charge in [0.25, 0.3) is 0 Å². The van der Waals surface area contributed by atoms with Crippen LogP contribution in [-0.2, 0) is 4.79 Å². The first-order chi connectivity index (χ1) is 4.70. The van der Waals surface area contributed by atoms with Crippen molar-refractivity contribution in [3.63, 3.8) is 0 Å². The summed E-state index contributed by atoms with van der Waals surface area (Å²) in [4.78, 5) is 10.3. The summed E-state index contributed by atoms with van der Waals surface area (Å²) in [6.07, 6.45) is 1.43. The summed E-state index contributed by atoms with van der Waals surface area (Å²) in [6, 6.07) is -0.552. The fourth-order valence-corrected chi connectivity index (χ4v) is 1.11. The predicted molar refractivity (Wildman–Crippen MR) is 34.4 cm³/mol. The Morgan fingerprint density at radius 3 is 2.60 bits per heavy atom. The van der Waals surface area contributed by atoms with Crippen molar-refractivity contribution in [2.45, 2.75) is 31.5 Å². The van der Waals surface area contributed by atoms with E-state index < -0.39 is 18.2 Å². The third-order valence-electron chi connectivity index (χ3n) is 1.66. The van der Waals surface area contributed by atoms with E-state index in [0.717, 1.165) is 6.42 Å². The van der Waals surface area contributed by atoms with E-state index in [1.165, 1.54) is 0 Å². The molecule has 4 heteroatoms. The third kappa shape index (κ3) is 1.68. The van der Waals surface area contributed by atoms with Gasteiger partial charge in [-0.05, 0) is 19.3 Å². The van der Waals surface area contributed by atoms with Gasteiger partial charge in [-0.2, -0.15) is 0 Å². The van der Waals surface area contributed by atoms with Crippen LogP contribution in [0, 0.1) is 0 Å². The molecule has 0 saturated carbocycles. The lowest BCUT2D eigenvalue weighted by Gasteiger charge is -2.24. The van der Waals surface area contributed by atoms with Gasteiger partial charge in [0.05, 0.1) is 0 Å².